The van der Waals surface area contributed by atoms with Crippen LogP contribution in [0.25, 0.3) is 0 Å². The molecule has 3 nitrogen and oxygen atoms in total. The van der Waals surface area contributed by atoms with Crippen molar-refractivity contribution < 1.29 is 0 Å². The minimum absolute atomic E-state index is 0.759. The van der Waals surface area contributed by atoms with Crippen LogP contribution in [0.3, 0.4) is 0 Å². The van der Waals surface area contributed by atoms with Crippen LogP contribution in [0.1, 0.15) is 5.56 Å². The summed E-state index contributed by atoms with van der Waals surface area (Å²) in [5, 5.41) is 9.00. The van der Waals surface area contributed by atoms with E-state index in [4.69, 9.17) is 5.26 Å². The van der Waals surface area contributed by atoms with E-state index in [0.29, 0.717) is 0 Å². The molecule has 1 saturated heterocycles. The molecule has 1 aliphatic rings. The molecular weight excluding hydrogens is 186 g/mol. The van der Waals surface area contributed by atoms with Gasteiger partial charge in [0.05, 0.1) is 11.3 Å². The summed E-state index contributed by atoms with van der Waals surface area (Å²) in [5.41, 5.74) is 1.81. The molecule has 1 aliphatic heterocycles. The SMILES string of the molecule is [CH2-]N1CCN(c2ccccc2C#N)CC1. The maximum absolute atomic E-state index is 9.00. The lowest BCUT2D eigenvalue weighted by molar-refractivity contribution is 0.344. The molecule has 1 fully saturated rings. The number of para-hydroxylation sites is 1. The fourth-order valence-corrected chi connectivity index (χ4v) is 1.83. The first kappa shape index (κ1) is 10.0. The second-order valence-electron chi connectivity index (χ2n) is 3.73. The Morgan fingerprint density at radius 2 is 1.80 bits per heavy atom. The quantitative estimate of drug-likeness (QED) is 0.643. The highest BCUT2D eigenvalue weighted by molar-refractivity contribution is 5.59. The number of piperazine rings is 1. The Balaban J connectivity index is 2.19. The van der Waals surface area contributed by atoms with E-state index >= 15 is 0 Å². The van der Waals surface area contributed by atoms with Crippen molar-refractivity contribution in [2.45, 2.75) is 0 Å². The van der Waals surface area contributed by atoms with E-state index in [9.17, 15) is 0 Å². The molecule has 3 heteroatoms. The van der Waals surface area contributed by atoms with Gasteiger partial charge in [-0.15, -0.1) is 0 Å². The zero-order valence-corrected chi connectivity index (χ0v) is 8.69. The molecule has 0 unspecified atom stereocenters. The minimum atomic E-state index is 0.759. The molecule has 0 bridgehead atoms. The van der Waals surface area contributed by atoms with Crippen molar-refractivity contribution in [3.05, 3.63) is 36.9 Å². The maximum atomic E-state index is 9.00. The maximum Gasteiger partial charge on any atom is 0.101 e. The Morgan fingerprint density at radius 1 is 1.13 bits per heavy atom. The average Bonchev–Trinajstić information content (AvgIpc) is 2.30. The Morgan fingerprint density at radius 3 is 2.47 bits per heavy atom. The van der Waals surface area contributed by atoms with Crippen molar-refractivity contribution in [3.63, 3.8) is 0 Å². The van der Waals surface area contributed by atoms with Crippen molar-refractivity contribution in [2.24, 2.45) is 0 Å². The summed E-state index contributed by atoms with van der Waals surface area (Å²) in [6.45, 7) is 3.81. The van der Waals surface area contributed by atoms with Gasteiger partial charge in [-0.2, -0.15) is 5.26 Å². The highest BCUT2D eigenvalue weighted by Gasteiger charge is 2.13. The van der Waals surface area contributed by atoms with Crippen molar-refractivity contribution in [3.8, 4) is 6.07 Å². The van der Waals surface area contributed by atoms with E-state index in [0.717, 1.165) is 37.4 Å². The standard InChI is InChI=1S/C12H14N3/c1-14-6-8-15(9-7-14)12-5-3-2-4-11(12)10-13/h2-5H,1,6-9H2/q-1. The Kier molecular flexibility index (Phi) is 2.89. The van der Waals surface area contributed by atoms with Gasteiger partial charge in [-0.05, 0) is 25.2 Å². The van der Waals surface area contributed by atoms with Crippen molar-refractivity contribution in [1.82, 2.24) is 4.90 Å². The number of hydrogen-bond acceptors (Lipinski definition) is 3. The number of rotatable bonds is 1. The molecular formula is C12H14N3-. The first-order valence-corrected chi connectivity index (χ1v) is 5.11. The summed E-state index contributed by atoms with van der Waals surface area (Å²) < 4.78 is 0. The molecule has 1 heterocycles. The normalized spacial score (nSPS) is 17.5. The van der Waals surface area contributed by atoms with E-state index in [1.165, 1.54) is 0 Å². The second kappa shape index (κ2) is 4.33. The summed E-state index contributed by atoms with van der Waals surface area (Å²) in [5.74, 6) is 0. The molecule has 0 atom stereocenters. The number of nitrogens with zero attached hydrogens (tertiary/aromatic N) is 3. The van der Waals surface area contributed by atoms with Crippen molar-refractivity contribution >= 4 is 5.69 Å². The molecule has 0 aromatic heterocycles. The van der Waals surface area contributed by atoms with Crippen LogP contribution in [0.2, 0.25) is 0 Å². The largest absolute Gasteiger partial charge is 0.456 e. The average molecular weight is 200 g/mol. The van der Waals surface area contributed by atoms with Gasteiger partial charge in [0.2, 0.25) is 0 Å². The Labute approximate surface area is 90.5 Å². The monoisotopic (exact) mass is 200 g/mol. The van der Waals surface area contributed by atoms with Crippen LogP contribution in [0.15, 0.2) is 24.3 Å². The molecule has 15 heavy (non-hydrogen) atoms. The van der Waals surface area contributed by atoms with Gasteiger partial charge in [0, 0.05) is 13.1 Å². The van der Waals surface area contributed by atoms with Gasteiger partial charge < -0.3 is 9.80 Å². The van der Waals surface area contributed by atoms with Gasteiger partial charge >= 0.3 is 0 Å². The van der Waals surface area contributed by atoms with Crippen LogP contribution < -0.4 is 4.90 Å². The Bertz CT molecular complexity index is 373. The lowest BCUT2D eigenvalue weighted by Crippen LogP contribution is -2.43. The smallest absolute Gasteiger partial charge is 0.101 e. The summed E-state index contributed by atoms with van der Waals surface area (Å²) >= 11 is 0. The van der Waals surface area contributed by atoms with Crippen LogP contribution in [-0.2, 0) is 0 Å². The zero-order valence-electron chi connectivity index (χ0n) is 8.69. The van der Waals surface area contributed by atoms with Gasteiger partial charge in [0.1, 0.15) is 6.07 Å². The number of nitriles is 1. The van der Waals surface area contributed by atoms with Gasteiger partial charge in [0.15, 0.2) is 0 Å². The predicted molar refractivity (Wildman–Crippen MR) is 60.3 cm³/mol. The fourth-order valence-electron chi connectivity index (χ4n) is 1.83. The van der Waals surface area contributed by atoms with E-state index in [-0.39, 0.29) is 0 Å². The highest BCUT2D eigenvalue weighted by Crippen LogP contribution is 2.20. The van der Waals surface area contributed by atoms with Crippen LogP contribution in [0.4, 0.5) is 5.69 Å². The highest BCUT2D eigenvalue weighted by atomic mass is 15.2. The van der Waals surface area contributed by atoms with Gasteiger partial charge in [-0.3, -0.25) is 7.05 Å². The number of anilines is 1. The zero-order chi connectivity index (χ0) is 10.7. The predicted octanol–water partition coefficient (Wildman–Crippen LogP) is 1.47. The van der Waals surface area contributed by atoms with Crippen molar-refractivity contribution in [1.29, 1.82) is 5.26 Å². The third kappa shape index (κ3) is 2.11. The third-order valence-electron chi connectivity index (χ3n) is 2.74. The van der Waals surface area contributed by atoms with E-state index in [1.54, 1.807) is 0 Å². The number of benzene rings is 1. The molecule has 0 N–H and O–H groups in total. The lowest BCUT2D eigenvalue weighted by atomic mass is 10.1. The molecule has 0 amide bonds. The molecule has 1 aromatic carbocycles. The van der Waals surface area contributed by atoms with Gasteiger partial charge in [-0.25, -0.2) is 0 Å². The first-order chi connectivity index (χ1) is 7.31. The van der Waals surface area contributed by atoms with Crippen LogP contribution in [0.5, 0.6) is 0 Å². The van der Waals surface area contributed by atoms with E-state index in [2.05, 4.69) is 22.9 Å². The van der Waals surface area contributed by atoms with Crippen LogP contribution in [-0.4, -0.2) is 31.1 Å². The summed E-state index contributed by atoms with van der Waals surface area (Å²) in [4.78, 5) is 4.31. The summed E-state index contributed by atoms with van der Waals surface area (Å²) in [6, 6.07) is 9.99. The van der Waals surface area contributed by atoms with Crippen LogP contribution >= 0.6 is 0 Å². The minimum Gasteiger partial charge on any atom is -0.456 e. The topological polar surface area (TPSA) is 30.3 Å². The molecule has 2 rings (SSSR count). The van der Waals surface area contributed by atoms with Crippen molar-refractivity contribution in [2.75, 3.05) is 31.1 Å². The van der Waals surface area contributed by atoms with E-state index in [1.807, 2.05) is 24.3 Å². The molecule has 0 aliphatic carbocycles. The van der Waals surface area contributed by atoms with E-state index < -0.39 is 0 Å². The lowest BCUT2D eigenvalue weighted by Gasteiger charge is -2.38. The fraction of sp³-hybridized carbons (Fsp3) is 0.333. The molecule has 1 aromatic rings. The van der Waals surface area contributed by atoms with Gasteiger partial charge in [-0.1, -0.05) is 12.1 Å². The summed E-state index contributed by atoms with van der Waals surface area (Å²) in [7, 11) is 3.91. The first-order valence-electron chi connectivity index (χ1n) is 5.11. The summed E-state index contributed by atoms with van der Waals surface area (Å²) in [6.07, 6.45) is 0. The van der Waals surface area contributed by atoms with Crippen LogP contribution in [0, 0.1) is 18.4 Å². The van der Waals surface area contributed by atoms with Gasteiger partial charge in [0.25, 0.3) is 0 Å². The molecule has 78 valence electrons. The molecule has 0 saturated carbocycles. The molecule has 0 spiro atoms. The molecule has 0 radical (unpaired) electrons. The number of hydrogen-bond donors (Lipinski definition) is 0. The Hall–Kier alpha value is -1.53. The third-order valence-corrected chi connectivity index (χ3v) is 2.74. The second-order valence-corrected chi connectivity index (χ2v) is 3.73.